The molecule has 1 atom stereocenters. The molecule has 3 N–H and O–H groups in total. The van der Waals surface area contributed by atoms with Gasteiger partial charge in [0.15, 0.2) is 0 Å². The number of hydrogen-bond donors (Lipinski definition) is 2. The smallest absolute Gasteiger partial charge is 0.338 e. The fraction of sp³-hybridized carbons (Fsp3) is 0.429. The maximum atomic E-state index is 11.9. The van der Waals surface area contributed by atoms with E-state index in [9.17, 15) is 14.7 Å². The average molecular weight is 300 g/mol. The summed E-state index contributed by atoms with van der Waals surface area (Å²) >= 11 is 5.83. The first-order valence-corrected chi connectivity index (χ1v) is 6.72. The molecular weight excluding hydrogens is 282 g/mol. The van der Waals surface area contributed by atoms with Gasteiger partial charge in [0.05, 0.1) is 6.61 Å². The minimum atomic E-state index is -2.10. The van der Waals surface area contributed by atoms with E-state index < -0.39 is 17.5 Å². The van der Waals surface area contributed by atoms with Crippen molar-refractivity contribution in [2.45, 2.75) is 31.7 Å². The molecular formula is C14H18ClNO4. The topological polar surface area (TPSA) is 89.6 Å². The number of nitrogens with two attached hydrogens (primary N) is 1. The van der Waals surface area contributed by atoms with E-state index in [1.54, 1.807) is 24.3 Å². The molecule has 1 unspecified atom stereocenters. The van der Waals surface area contributed by atoms with Crippen LogP contribution in [0.15, 0.2) is 24.3 Å². The predicted octanol–water partition coefficient (Wildman–Crippen LogP) is 2.01. The lowest BCUT2D eigenvalue weighted by Crippen LogP contribution is -2.57. The second-order valence-electron chi connectivity index (χ2n) is 4.57. The van der Waals surface area contributed by atoms with E-state index in [4.69, 9.17) is 22.1 Å². The largest absolute Gasteiger partial charge is 0.479 e. The van der Waals surface area contributed by atoms with Crippen LogP contribution in [-0.4, -0.2) is 29.2 Å². The van der Waals surface area contributed by atoms with Crippen LogP contribution in [0.1, 0.15) is 25.3 Å². The van der Waals surface area contributed by atoms with Crippen molar-refractivity contribution >= 4 is 23.5 Å². The first-order chi connectivity index (χ1) is 9.40. The molecule has 0 radical (unpaired) electrons. The third-order valence-corrected chi connectivity index (χ3v) is 3.08. The molecule has 0 bridgehead atoms. The Morgan fingerprint density at radius 2 is 2.15 bits per heavy atom. The van der Waals surface area contributed by atoms with E-state index in [2.05, 4.69) is 0 Å². The molecule has 0 spiro atoms. The van der Waals surface area contributed by atoms with Crippen molar-refractivity contribution < 1.29 is 19.4 Å². The highest BCUT2D eigenvalue weighted by Gasteiger charge is 2.44. The number of benzene rings is 1. The maximum absolute atomic E-state index is 11.9. The van der Waals surface area contributed by atoms with Gasteiger partial charge in [0, 0.05) is 11.4 Å². The lowest BCUT2D eigenvalue weighted by molar-refractivity contribution is -0.161. The molecule has 0 amide bonds. The average Bonchev–Trinajstić information content (AvgIpc) is 2.38. The van der Waals surface area contributed by atoms with E-state index in [1.165, 1.54) is 0 Å². The van der Waals surface area contributed by atoms with E-state index in [0.29, 0.717) is 17.0 Å². The van der Waals surface area contributed by atoms with Crippen LogP contribution in [0.25, 0.3) is 0 Å². The minimum absolute atomic E-state index is 0.164. The fourth-order valence-corrected chi connectivity index (χ4v) is 1.85. The van der Waals surface area contributed by atoms with Crippen molar-refractivity contribution in [2.75, 3.05) is 6.61 Å². The van der Waals surface area contributed by atoms with Crippen LogP contribution in [0.3, 0.4) is 0 Å². The van der Waals surface area contributed by atoms with Gasteiger partial charge in [0.2, 0.25) is 5.54 Å². The van der Waals surface area contributed by atoms with Crippen LogP contribution in [-0.2, 0) is 20.7 Å². The summed E-state index contributed by atoms with van der Waals surface area (Å²) in [5.41, 5.74) is 4.20. The SMILES string of the molecule is CCCCOC(=O)C(N)(Cc1cccc(Cl)c1)C(=O)O. The molecule has 0 fully saturated rings. The number of carbonyl (C=O) groups is 2. The van der Waals surface area contributed by atoms with Crippen molar-refractivity contribution in [1.82, 2.24) is 0 Å². The van der Waals surface area contributed by atoms with E-state index in [-0.39, 0.29) is 13.0 Å². The van der Waals surface area contributed by atoms with Gasteiger partial charge in [-0.15, -0.1) is 0 Å². The summed E-state index contributed by atoms with van der Waals surface area (Å²) in [6, 6.07) is 6.56. The summed E-state index contributed by atoms with van der Waals surface area (Å²) in [5, 5.41) is 9.68. The Morgan fingerprint density at radius 1 is 1.45 bits per heavy atom. The van der Waals surface area contributed by atoms with Crippen LogP contribution in [0.4, 0.5) is 0 Å². The van der Waals surface area contributed by atoms with Gasteiger partial charge in [-0.05, 0) is 24.1 Å². The van der Waals surface area contributed by atoms with Gasteiger partial charge in [-0.3, -0.25) is 0 Å². The molecule has 1 aromatic rings. The van der Waals surface area contributed by atoms with Gasteiger partial charge in [-0.2, -0.15) is 0 Å². The van der Waals surface area contributed by atoms with Crippen molar-refractivity contribution in [2.24, 2.45) is 5.73 Å². The van der Waals surface area contributed by atoms with Gasteiger partial charge in [-0.1, -0.05) is 37.1 Å². The zero-order valence-electron chi connectivity index (χ0n) is 11.3. The number of unbranched alkanes of at least 4 members (excludes halogenated alkanes) is 1. The number of carbonyl (C=O) groups excluding carboxylic acids is 1. The zero-order chi connectivity index (χ0) is 15.2. The van der Waals surface area contributed by atoms with Crippen LogP contribution < -0.4 is 5.73 Å². The third-order valence-electron chi connectivity index (χ3n) is 2.85. The highest BCUT2D eigenvalue weighted by Crippen LogP contribution is 2.17. The van der Waals surface area contributed by atoms with E-state index in [1.807, 2.05) is 6.92 Å². The van der Waals surface area contributed by atoms with Gasteiger partial charge < -0.3 is 15.6 Å². The first kappa shape index (κ1) is 16.5. The molecule has 5 nitrogen and oxygen atoms in total. The zero-order valence-corrected chi connectivity index (χ0v) is 12.0. The molecule has 0 aliphatic heterocycles. The molecule has 110 valence electrons. The second kappa shape index (κ2) is 7.26. The number of carboxylic acid groups (broad SMARTS) is 1. The molecule has 0 aromatic heterocycles. The quantitative estimate of drug-likeness (QED) is 0.457. The Bertz CT molecular complexity index is 492. The Balaban J connectivity index is 2.86. The number of halogens is 1. The highest BCUT2D eigenvalue weighted by molar-refractivity contribution is 6.30. The molecule has 0 saturated heterocycles. The maximum Gasteiger partial charge on any atom is 0.338 e. The van der Waals surface area contributed by atoms with Crippen molar-refractivity contribution in [3.63, 3.8) is 0 Å². The predicted molar refractivity (Wildman–Crippen MR) is 75.6 cm³/mol. The summed E-state index contributed by atoms with van der Waals surface area (Å²) in [5.74, 6) is -2.35. The van der Waals surface area contributed by atoms with Crippen LogP contribution >= 0.6 is 11.6 Å². The van der Waals surface area contributed by atoms with Crippen LogP contribution in [0, 0.1) is 0 Å². The van der Waals surface area contributed by atoms with Crippen molar-refractivity contribution in [1.29, 1.82) is 0 Å². The number of aliphatic carboxylic acids is 1. The Kier molecular flexibility index (Phi) is 5.98. The molecule has 0 heterocycles. The van der Waals surface area contributed by atoms with Gasteiger partial charge >= 0.3 is 11.9 Å². The van der Waals surface area contributed by atoms with Gasteiger partial charge in [0.25, 0.3) is 0 Å². The Hall–Kier alpha value is -1.59. The lowest BCUT2D eigenvalue weighted by Gasteiger charge is -2.22. The summed E-state index contributed by atoms with van der Waals surface area (Å²) in [6.07, 6.45) is 1.33. The number of rotatable bonds is 7. The normalized spacial score (nSPS) is 13.6. The monoisotopic (exact) mass is 299 g/mol. The molecule has 1 aromatic carbocycles. The highest BCUT2D eigenvalue weighted by atomic mass is 35.5. The molecule has 0 aliphatic carbocycles. The van der Waals surface area contributed by atoms with E-state index >= 15 is 0 Å². The first-order valence-electron chi connectivity index (χ1n) is 6.34. The Morgan fingerprint density at radius 3 is 2.70 bits per heavy atom. The number of esters is 1. The molecule has 0 aliphatic rings. The summed E-state index contributed by atoms with van der Waals surface area (Å²) in [4.78, 5) is 23.2. The standard InChI is InChI=1S/C14H18ClNO4/c1-2-3-7-20-13(19)14(16,12(17)18)9-10-5-4-6-11(15)8-10/h4-6,8H,2-3,7,9,16H2,1H3,(H,17,18). The second-order valence-corrected chi connectivity index (χ2v) is 5.01. The molecule has 20 heavy (non-hydrogen) atoms. The fourth-order valence-electron chi connectivity index (χ4n) is 1.64. The number of carboxylic acids is 1. The van der Waals surface area contributed by atoms with Crippen LogP contribution in [0.5, 0.6) is 0 Å². The number of ether oxygens (including phenoxy) is 1. The molecule has 1 rings (SSSR count). The molecule has 6 heteroatoms. The van der Waals surface area contributed by atoms with Gasteiger partial charge in [0.1, 0.15) is 0 Å². The Labute approximate surface area is 122 Å². The summed E-state index contributed by atoms with van der Waals surface area (Å²) in [6.45, 7) is 2.10. The third kappa shape index (κ3) is 4.21. The van der Waals surface area contributed by atoms with Crippen LogP contribution in [0.2, 0.25) is 5.02 Å². The molecule has 0 saturated carbocycles. The summed E-state index contributed by atoms with van der Waals surface area (Å²) in [7, 11) is 0. The van der Waals surface area contributed by atoms with Crippen molar-refractivity contribution in [3.05, 3.63) is 34.9 Å². The summed E-state index contributed by atoms with van der Waals surface area (Å²) < 4.78 is 4.93. The lowest BCUT2D eigenvalue weighted by atomic mass is 9.92. The van der Waals surface area contributed by atoms with Gasteiger partial charge in [-0.25, -0.2) is 9.59 Å². The minimum Gasteiger partial charge on any atom is -0.479 e. The van der Waals surface area contributed by atoms with E-state index in [0.717, 1.165) is 6.42 Å². The number of hydrogen-bond acceptors (Lipinski definition) is 4. The van der Waals surface area contributed by atoms with Crippen molar-refractivity contribution in [3.8, 4) is 0 Å².